The third-order valence-electron chi connectivity index (χ3n) is 6.01. The molecule has 2 atom stereocenters. The SMILES string of the molecule is CCC(C)NC(=O)C(Cc1ccccc1)N(Cc1ccccc1Cl)C(=O)Cc1cccc(C)c1. The van der Waals surface area contributed by atoms with E-state index in [2.05, 4.69) is 5.32 Å². The van der Waals surface area contributed by atoms with Crippen LogP contribution in [-0.4, -0.2) is 28.8 Å². The van der Waals surface area contributed by atoms with Gasteiger partial charge in [0.1, 0.15) is 6.04 Å². The molecule has 0 bridgehead atoms. The quantitative estimate of drug-likeness (QED) is 0.405. The van der Waals surface area contributed by atoms with Gasteiger partial charge in [-0.3, -0.25) is 9.59 Å². The Hall–Kier alpha value is -3.11. The molecule has 0 heterocycles. The maximum absolute atomic E-state index is 13.7. The molecule has 0 spiro atoms. The second-order valence-electron chi connectivity index (χ2n) is 8.80. The first-order valence-electron chi connectivity index (χ1n) is 11.8. The lowest BCUT2D eigenvalue weighted by atomic mass is 10.0. The Labute approximate surface area is 207 Å². The summed E-state index contributed by atoms with van der Waals surface area (Å²) in [4.78, 5) is 28.9. The molecule has 3 aromatic carbocycles. The first-order valence-corrected chi connectivity index (χ1v) is 12.2. The smallest absolute Gasteiger partial charge is 0.243 e. The van der Waals surface area contributed by atoms with Gasteiger partial charge < -0.3 is 10.2 Å². The number of carbonyl (C=O) groups is 2. The lowest BCUT2D eigenvalue weighted by Gasteiger charge is -2.32. The van der Waals surface area contributed by atoms with E-state index in [1.54, 1.807) is 4.90 Å². The molecule has 0 fully saturated rings. The Bertz CT molecular complexity index is 1100. The van der Waals surface area contributed by atoms with Gasteiger partial charge in [-0.2, -0.15) is 0 Å². The van der Waals surface area contributed by atoms with E-state index in [0.717, 1.165) is 28.7 Å². The Morgan fingerprint density at radius 3 is 2.29 bits per heavy atom. The molecule has 1 N–H and O–H groups in total. The molecule has 3 aromatic rings. The number of hydrogen-bond donors (Lipinski definition) is 1. The van der Waals surface area contributed by atoms with Crippen molar-refractivity contribution in [1.29, 1.82) is 0 Å². The molecule has 5 heteroatoms. The van der Waals surface area contributed by atoms with Gasteiger partial charge in [0.2, 0.25) is 11.8 Å². The van der Waals surface area contributed by atoms with Crippen LogP contribution in [0.2, 0.25) is 5.02 Å². The van der Waals surface area contributed by atoms with Gasteiger partial charge in [-0.25, -0.2) is 0 Å². The number of benzene rings is 3. The fraction of sp³-hybridized carbons (Fsp3) is 0.310. The number of halogens is 1. The number of aryl methyl sites for hydroxylation is 1. The van der Waals surface area contributed by atoms with Crippen molar-refractivity contribution in [2.24, 2.45) is 0 Å². The van der Waals surface area contributed by atoms with Crippen molar-refractivity contribution in [3.8, 4) is 0 Å². The summed E-state index contributed by atoms with van der Waals surface area (Å²) < 4.78 is 0. The zero-order valence-corrected chi connectivity index (χ0v) is 20.9. The zero-order valence-electron chi connectivity index (χ0n) is 20.1. The van der Waals surface area contributed by atoms with Crippen LogP contribution >= 0.6 is 11.6 Å². The standard InChI is InChI=1S/C29H33ClN2O2/c1-4-22(3)31-29(34)27(18-23-12-6-5-7-13-23)32(20-25-15-8-9-16-26(25)30)28(33)19-24-14-10-11-21(2)17-24/h5-17,22,27H,4,18-20H2,1-3H3,(H,31,34). The summed E-state index contributed by atoms with van der Waals surface area (Å²) in [5, 5.41) is 3.67. The lowest BCUT2D eigenvalue weighted by molar-refractivity contribution is -0.141. The summed E-state index contributed by atoms with van der Waals surface area (Å²) >= 11 is 6.47. The molecule has 0 radical (unpaired) electrons. The van der Waals surface area contributed by atoms with E-state index < -0.39 is 6.04 Å². The van der Waals surface area contributed by atoms with Crippen molar-refractivity contribution >= 4 is 23.4 Å². The third kappa shape index (κ3) is 7.19. The van der Waals surface area contributed by atoms with Gasteiger partial charge in [0.25, 0.3) is 0 Å². The Morgan fingerprint density at radius 1 is 0.941 bits per heavy atom. The monoisotopic (exact) mass is 476 g/mol. The second-order valence-corrected chi connectivity index (χ2v) is 9.21. The highest BCUT2D eigenvalue weighted by molar-refractivity contribution is 6.31. The summed E-state index contributed by atoms with van der Waals surface area (Å²) in [6.07, 6.45) is 1.45. The summed E-state index contributed by atoms with van der Waals surface area (Å²) in [6, 6.07) is 24.6. The van der Waals surface area contributed by atoms with E-state index in [1.807, 2.05) is 99.6 Å². The van der Waals surface area contributed by atoms with Crippen LogP contribution in [0.5, 0.6) is 0 Å². The highest BCUT2D eigenvalue weighted by atomic mass is 35.5. The van der Waals surface area contributed by atoms with Gasteiger partial charge in [0.05, 0.1) is 6.42 Å². The lowest BCUT2D eigenvalue weighted by Crippen LogP contribution is -2.52. The number of nitrogens with one attached hydrogen (secondary N) is 1. The van der Waals surface area contributed by atoms with Crippen LogP contribution < -0.4 is 5.32 Å². The van der Waals surface area contributed by atoms with Crippen LogP contribution in [-0.2, 0) is 29.0 Å². The topological polar surface area (TPSA) is 49.4 Å². The fourth-order valence-corrected chi connectivity index (χ4v) is 4.10. The Balaban J connectivity index is 1.98. The van der Waals surface area contributed by atoms with Crippen LogP contribution in [0.1, 0.15) is 42.5 Å². The Kier molecular flexibility index (Phi) is 9.29. The molecule has 0 aliphatic heterocycles. The average molecular weight is 477 g/mol. The molecule has 2 amide bonds. The summed E-state index contributed by atoms with van der Waals surface area (Å²) in [5.41, 5.74) is 3.84. The summed E-state index contributed by atoms with van der Waals surface area (Å²) in [6.45, 7) is 6.27. The van der Waals surface area contributed by atoms with Gasteiger partial charge in [-0.15, -0.1) is 0 Å². The zero-order chi connectivity index (χ0) is 24.5. The molecular weight excluding hydrogens is 444 g/mol. The number of nitrogens with zero attached hydrogens (tertiary/aromatic N) is 1. The Morgan fingerprint density at radius 2 is 1.62 bits per heavy atom. The van der Waals surface area contributed by atoms with Crippen molar-refractivity contribution in [1.82, 2.24) is 10.2 Å². The van der Waals surface area contributed by atoms with E-state index in [4.69, 9.17) is 11.6 Å². The second kappa shape index (κ2) is 12.4. The van der Waals surface area contributed by atoms with Crippen LogP contribution in [0.3, 0.4) is 0 Å². The molecule has 2 unspecified atom stereocenters. The molecule has 178 valence electrons. The first-order chi connectivity index (χ1) is 16.4. The number of carbonyl (C=O) groups excluding carboxylic acids is 2. The summed E-state index contributed by atoms with van der Waals surface area (Å²) in [7, 11) is 0. The summed E-state index contributed by atoms with van der Waals surface area (Å²) in [5.74, 6) is -0.256. The van der Waals surface area contributed by atoms with E-state index in [1.165, 1.54) is 0 Å². The maximum Gasteiger partial charge on any atom is 0.243 e. The minimum atomic E-state index is -0.662. The van der Waals surface area contributed by atoms with Crippen molar-refractivity contribution in [3.05, 3.63) is 106 Å². The molecule has 3 rings (SSSR count). The number of rotatable bonds is 10. The number of amides is 2. The molecular formula is C29H33ClN2O2. The van der Waals surface area contributed by atoms with E-state index in [9.17, 15) is 9.59 Å². The molecule has 0 aliphatic carbocycles. The van der Waals surface area contributed by atoms with Crippen molar-refractivity contribution in [2.75, 3.05) is 0 Å². The minimum absolute atomic E-state index is 0.0137. The van der Waals surface area contributed by atoms with Crippen molar-refractivity contribution in [2.45, 2.75) is 58.7 Å². The van der Waals surface area contributed by atoms with E-state index >= 15 is 0 Å². The average Bonchev–Trinajstić information content (AvgIpc) is 2.82. The van der Waals surface area contributed by atoms with Crippen LogP contribution in [0.4, 0.5) is 0 Å². The molecule has 0 saturated carbocycles. The largest absolute Gasteiger partial charge is 0.352 e. The van der Waals surface area contributed by atoms with E-state index in [0.29, 0.717) is 11.4 Å². The van der Waals surface area contributed by atoms with Gasteiger partial charge in [0, 0.05) is 24.0 Å². The molecule has 0 aromatic heterocycles. The third-order valence-corrected chi connectivity index (χ3v) is 6.38. The van der Waals surface area contributed by atoms with Gasteiger partial charge in [0.15, 0.2) is 0 Å². The highest BCUT2D eigenvalue weighted by Gasteiger charge is 2.31. The van der Waals surface area contributed by atoms with Crippen molar-refractivity contribution < 1.29 is 9.59 Å². The van der Waals surface area contributed by atoms with Crippen LogP contribution in [0.25, 0.3) is 0 Å². The van der Waals surface area contributed by atoms with Crippen LogP contribution in [0, 0.1) is 6.92 Å². The van der Waals surface area contributed by atoms with E-state index in [-0.39, 0.29) is 30.8 Å². The minimum Gasteiger partial charge on any atom is -0.352 e. The highest BCUT2D eigenvalue weighted by Crippen LogP contribution is 2.21. The first kappa shape index (κ1) is 25.5. The van der Waals surface area contributed by atoms with Gasteiger partial charge >= 0.3 is 0 Å². The molecule has 0 aliphatic rings. The normalized spacial score (nSPS) is 12.6. The predicted molar refractivity (Wildman–Crippen MR) is 139 cm³/mol. The van der Waals surface area contributed by atoms with Gasteiger partial charge in [-0.1, -0.05) is 96.9 Å². The van der Waals surface area contributed by atoms with Gasteiger partial charge in [-0.05, 0) is 43.0 Å². The van der Waals surface area contributed by atoms with Crippen molar-refractivity contribution in [3.63, 3.8) is 0 Å². The molecule has 0 saturated heterocycles. The number of hydrogen-bond acceptors (Lipinski definition) is 2. The van der Waals surface area contributed by atoms with Crippen LogP contribution in [0.15, 0.2) is 78.9 Å². The maximum atomic E-state index is 13.7. The fourth-order valence-electron chi connectivity index (χ4n) is 3.90. The molecule has 34 heavy (non-hydrogen) atoms. The predicted octanol–water partition coefficient (Wildman–Crippen LogP) is 5.75. The molecule has 4 nitrogen and oxygen atoms in total.